The number of halogens is 3. The van der Waals surface area contributed by atoms with Crippen molar-refractivity contribution in [2.75, 3.05) is 0 Å². The van der Waals surface area contributed by atoms with Gasteiger partial charge in [-0.25, -0.2) is 4.39 Å². The fraction of sp³-hybridized carbons (Fsp3) is 0.167. The van der Waals surface area contributed by atoms with E-state index >= 15 is 0 Å². The lowest BCUT2D eigenvalue weighted by Gasteiger charge is -2.11. The first-order chi connectivity index (χ1) is 8.06. The lowest BCUT2D eigenvalue weighted by Crippen LogP contribution is -2.12. The van der Waals surface area contributed by atoms with Crippen LogP contribution >= 0.6 is 43.2 Å². The Labute approximate surface area is 120 Å². The molecular weight excluding hydrogens is 369 g/mol. The van der Waals surface area contributed by atoms with Gasteiger partial charge in [0.2, 0.25) is 0 Å². The van der Waals surface area contributed by atoms with Crippen LogP contribution in [0.4, 0.5) is 4.39 Å². The first-order valence-corrected chi connectivity index (χ1v) is 7.46. The number of benzene rings is 1. The van der Waals surface area contributed by atoms with E-state index in [-0.39, 0.29) is 11.9 Å². The van der Waals surface area contributed by atoms with Crippen molar-refractivity contribution in [2.45, 2.75) is 12.5 Å². The molecule has 90 valence electrons. The fourth-order valence-corrected chi connectivity index (χ4v) is 3.22. The van der Waals surface area contributed by atoms with E-state index in [4.69, 9.17) is 5.73 Å². The van der Waals surface area contributed by atoms with Gasteiger partial charge in [-0.1, -0.05) is 15.9 Å². The number of rotatable bonds is 3. The van der Waals surface area contributed by atoms with Crippen LogP contribution in [-0.2, 0) is 6.42 Å². The van der Waals surface area contributed by atoms with Crippen LogP contribution in [-0.4, -0.2) is 0 Å². The molecule has 0 spiro atoms. The average molecular weight is 379 g/mol. The molecule has 0 aliphatic carbocycles. The molecule has 1 nitrogen and oxygen atoms in total. The summed E-state index contributed by atoms with van der Waals surface area (Å²) in [5.41, 5.74) is 8.06. The van der Waals surface area contributed by atoms with Crippen LogP contribution in [0, 0.1) is 5.82 Å². The lowest BCUT2D eigenvalue weighted by atomic mass is 10.0. The Kier molecular flexibility index (Phi) is 4.36. The van der Waals surface area contributed by atoms with E-state index in [1.54, 1.807) is 17.4 Å². The SMILES string of the molecule is NC(Cc1cc(F)ccc1Br)c1csc(Br)c1. The van der Waals surface area contributed by atoms with Crippen molar-refractivity contribution in [1.29, 1.82) is 0 Å². The normalized spacial score (nSPS) is 12.7. The minimum atomic E-state index is -0.234. The van der Waals surface area contributed by atoms with Crippen molar-refractivity contribution in [2.24, 2.45) is 5.73 Å². The second-order valence-electron chi connectivity index (χ2n) is 3.73. The number of hydrogen-bond donors (Lipinski definition) is 1. The Morgan fingerprint density at radius 3 is 2.71 bits per heavy atom. The summed E-state index contributed by atoms with van der Waals surface area (Å²) in [5, 5.41) is 2.02. The van der Waals surface area contributed by atoms with Gasteiger partial charge >= 0.3 is 0 Å². The Morgan fingerprint density at radius 1 is 1.29 bits per heavy atom. The molecule has 0 saturated heterocycles. The molecule has 0 aliphatic heterocycles. The van der Waals surface area contributed by atoms with E-state index in [9.17, 15) is 4.39 Å². The monoisotopic (exact) mass is 377 g/mol. The second-order valence-corrected chi connectivity index (χ2v) is 6.88. The molecule has 0 fully saturated rings. The zero-order chi connectivity index (χ0) is 12.4. The third kappa shape index (κ3) is 3.37. The zero-order valence-corrected chi connectivity index (χ0v) is 12.8. The highest BCUT2D eigenvalue weighted by Crippen LogP contribution is 2.28. The molecule has 5 heteroatoms. The van der Waals surface area contributed by atoms with E-state index < -0.39 is 0 Å². The van der Waals surface area contributed by atoms with E-state index in [1.165, 1.54) is 12.1 Å². The third-order valence-electron chi connectivity index (χ3n) is 2.46. The van der Waals surface area contributed by atoms with Crippen LogP contribution in [0.3, 0.4) is 0 Å². The molecule has 0 saturated carbocycles. The molecule has 1 atom stereocenters. The predicted octanol–water partition coefficient (Wildman–Crippen LogP) is 4.65. The van der Waals surface area contributed by atoms with Crippen LogP contribution in [0.25, 0.3) is 0 Å². The van der Waals surface area contributed by atoms with Crippen LogP contribution in [0.5, 0.6) is 0 Å². The maximum atomic E-state index is 13.1. The molecular formula is C12H10Br2FNS. The Hall–Kier alpha value is -0.230. The molecule has 1 aromatic carbocycles. The van der Waals surface area contributed by atoms with Crippen molar-refractivity contribution in [3.8, 4) is 0 Å². The summed E-state index contributed by atoms with van der Waals surface area (Å²) >= 11 is 8.41. The standard InChI is InChI=1S/C12H10Br2FNS/c13-10-2-1-9(15)3-7(10)4-11(16)8-5-12(14)17-6-8/h1-3,5-6,11H,4,16H2. The van der Waals surface area contributed by atoms with Crippen LogP contribution in [0.15, 0.2) is 37.9 Å². The fourth-order valence-electron chi connectivity index (χ4n) is 1.57. The molecule has 2 aromatic rings. The van der Waals surface area contributed by atoms with Crippen LogP contribution in [0.2, 0.25) is 0 Å². The lowest BCUT2D eigenvalue weighted by molar-refractivity contribution is 0.621. The molecule has 0 aliphatic rings. The molecule has 1 aromatic heterocycles. The first kappa shape index (κ1) is 13.2. The largest absolute Gasteiger partial charge is 0.324 e. The molecule has 17 heavy (non-hydrogen) atoms. The highest BCUT2D eigenvalue weighted by atomic mass is 79.9. The van der Waals surface area contributed by atoms with Gasteiger partial charge in [-0.05, 0) is 63.1 Å². The van der Waals surface area contributed by atoms with Crippen LogP contribution in [0.1, 0.15) is 17.2 Å². The summed E-state index contributed by atoms with van der Waals surface area (Å²) in [4.78, 5) is 0. The zero-order valence-electron chi connectivity index (χ0n) is 8.79. The van der Waals surface area contributed by atoms with Crippen molar-refractivity contribution in [3.63, 3.8) is 0 Å². The van der Waals surface area contributed by atoms with E-state index in [0.29, 0.717) is 6.42 Å². The van der Waals surface area contributed by atoms with Crippen LogP contribution < -0.4 is 5.73 Å². The number of nitrogens with two attached hydrogens (primary N) is 1. The topological polar surface area (TPSA) is 26.0 Å². The van der Waals surface area contributed by atoms with Gasteiger partial charge in [-0.3, -0.25) is 0 Å². The Morgan fingerprint density at radius 2 is 2.06 bits per heavy atom. The van der Waals surface area contributed by atoms with Gasteiger partial charge in [-0.15, -0.1) is 11.3 Å². The summed E-state index contributed by atoms with van der Waals surface area (Å²) in [6, 6.07) is 6.55. The molecule has 0 radical (unpaired) electrons. The Balaban J connectivity index is 2.18. The summed E-state index contributed by atoms with van der Waals surface area (Å²) in [7, 11) is 0. The van der Waals surface area contributed by atoms with Gasteiger partial charge in [0.1, 0.15) is 5.82 Å². The highest BCUT2D eigenvalue weighted by Gasteiger charge is 2.11. The van der Waals surface area contributed by atoms with Crippen molar-refractivity contribution in [3.05, 3.63) is 54.8 Å². The smallest absolute Gasteiger partial charge is 0.123 e. The Bertz CT molecular complexity index is 527. The molecule has 0 bridgehead atoms. The van der Waals surface area contributed by atoms with Crippen molar-refractivity contribution in [1.82, 2.24) is 0 Å². The van der Waals surface area contributed by atoms with Gasteiger partial charge in [0.25, 0.3) is 0 Å². The highest BCUT2D eigenvalue weighted by molar-refractivity contribution is 9.11. The van der Waals surface area contributed by atoms with E-state index in [1.807, 2.05) is 11.4 Å². The minimum Gasteiger partial charge on any atom is -0.324 e. The maximum Gasteiger partial charge on any atom is 0.123 e. The molecule has 2 N–H and O–H groups in total. The summed E-state index contributed by atoms with van der Waals surface area (Å²) in [5.74, 6) is -0.234. The molecule has 0 amide bonds. The first-order valence-electron chi connectivity index (χ1n) is 4.99. The van der Waals surface area contributed by atoms with Crippen molar-refractivity contribution < 1.29 is 4.39 Å². The summed E-state index contributed by atoms with van der Waals surface area (Å²) in [6.45, 7) is 0. The second kappa shape index (κ2) is 5.61. The molecule has 1 unspecified atom stereocenters. The summed E-state index contributed by atoms with van der Waals surface area (Å²) in [6.07, 6.45) is 0.613. The van der Waals surface area contributed by atoms with Gasteiger partial charge in [0, 0.05) is 10.5 Å². The quantitative estimate of drug-likeness (QED) is 0.826. The average Bonchev–Trinajstić information content (AvgIpc) is 2.70. The van der Waals surface area contributed by atoms with Crippen molar-refractivity contribution >= 4 is 43.2 Å². The van der Waals surface area contributed by atoms with E-state index in [2.05, 4.69) is 31.9 Å². The number of hydrogen-bond acceptors (Lipinski definition) is 2. The van der Waals surface area contributed by atoms with Gasteiger partial charge < -0.3 is 5.73 Å². The van der Waals surface area contributed by atoms with Gasteiger partial charge in [0.15, 0.2) is 0 Å². The third-order valence-corrected chi connectivity index (χ3v) is 4.76. The maximum absolute atomic E-state index is 13.1. The predicted molar refractivity (Wildman–Crippen MR) is 76.8 cm³/mol. The minimum absolute atomic E-state index is 0.115. The van der Waals surface area contributed by atoms with Gasteiger partial charge in [-0.2, -0.15) is 0 Å². The molecule has 1 heterocycles. The molecule has 2 rings (SSSR count). The van der Waals surface area contributed by atoms with Gasteiger partial charge in [0.05, 0.1) is 3.79 Å². The summed E-state index contributed by atoms with van der Waals surface area (Å²) < 4.78 is 15.1. The number of thiophene rings is 1. The van der Waals surface area contributed by atoms with E-state index in [0.717, 1.165) is 19.4 Å².